The van der Waals surface area contributed by atoms with Gasteiger partial charge >= 0.3 is 0 Å². The molecule has 0 fully saturated rings. The Bertz CT molecular complexity index is 750. The maximum atomic E-state index is 11.9. The van der Waals surface area contributed by atoms with Gasteiger partial charge < -0.3 is 14.8 Å². The molecule has 2 aromatic carbocycles. The van der Waals surface area contributed by atoms with E-state index in [9.17, 15) is 4.79 Å². The number of carbonyl (C=O) groups is 1. The first-order valence-corrected chi connectivity index (χ1v) is 7.20. The number of ether oxygens (including phenoxy) is 2. The highest BCUT2D eigenvalue weighted by molar-refractivity contribution is 6.00. The van der Waals surface area contributed by atoms with Crippen molar-refractivity contribution in [1.82, 2.24) is 0 Å². The van der Waals surface area contributed by atoms with Gasteiger partial charge in [0.25, 0.3) is 5.91 Å². The number of nitrogens with one attached hydrogen (secondary N) is 1. The van der Waals surface area contributed by atoms with Gasteiger partial charge in [-0.3, -0.25) is 4.79 Å². The molecule has 4 heteroatoms. The van der Waals surface area contributed by atoms with E-state index in [0.29, 0.717) is 11.4 Å². The van der Waals surface area contributed by atoms with Gasteiger partial charge in [-0.1, -0.05) is 18.2 Å². The molecule has 1 heterocycles. The molecular formula is C18H19NO3. The molecule has 1 N–H and O–H groups in total. The highest BCUT2D eigenvalue weighted by atomic mass is 16.5. The van der Waals surface area contributed by atoms with Crippen LogP contribution >= 0.6 is 0 Å². The van der Waals surface area contributed by atoms with Crippen molar-refractivity contribution in [2.24, 2.45) is 0 Å². The Hall–Kier alpha value is -2.49. The summed E-state index contributed by atoms with van der Waals surface area (Å²) < 4.78 is 11.3. The predicted octanol–water partition coefficient (Wildman–Crippen LogP) is 3.78. The van der Waals surface area contributed by atoms with Crippen molar-refractivity contribution in [3.63, 3.8) is 0 Å². The minimum absolute atomic E-state index is 0.138. The molecule has 0 radical (unpaired) electrons. The number of aryl methyl sites for hydroxylation is 1. The fourth-order valence-corrected chi connectivity index (χ4v) is 2.51. The minimum Gasteiger partial charge on any atom is -0.496 e. The van der Waals surface area contributed by atoms with Crippen LogP contribution in [0, 0.1) is 6.92 Å². The van der Waals surface area contributed by atoms with Crippen molar-refractivity contribution >= 4 is 11.6 Å². The van der Waals surface area contributed by atoms with E-state index < -0.39 is 5.60 Å². The van der Waals surface area contributed by atoms with Crippen LogP contribution in [0.3, 0.4) is 0 Å². The van der Waals surface area contributed by atoms with Crippen molar-refractivity contribution in [2.45, 2.75) is 26.4 Å². The maximum absolute atomic E-state index is 11.9. The van der Waals surface area contributed by atoms with Crippen molar-refractivity contribution in [2.75, 3.05) is 12.4 Å². The third-order valence-corrected chi connectivity index (χ3v) is 3.81. The molecular weight excluding hydrogens is 278 g/mol. The molecule has 3 rings (SSSR count). The Morgan fingerprint density at radius 2 is 1.91 bits per heavy atom. The lowest BCUT2D eigenvalue weighted by atomic mass is 10.00. The lowest BCUT2D eigenvalue weighted by molar-refractivity contribution is -0.129. The monoisotopic (exact) mass is 297 g/mol. The Morgan fingerprint density at radius 3 is 2.64 bits per heavy atom. The van der Waals surface area contributed by atoms with Crippen LogP contribution in [0.25, 0.3) is 11.1 Å². The second kappa shape index (κ2) is 5.05. The van der Waals surface area contributed by atoms with E-state index in [-0.39, 0.29) is 5.91 Å². The molecule has 1 aliphatic heterocycles. The van der Waals surface area contributed by atoms with Crippen LogP contribution in [0.4, 0.5) is 5.69 Å². The molecule has 0 aromatic heterocycles. The molecule has 0 spiro atoms. The number of rotatable bonds is 2. The number of hydrogen-bond acceptors (Lipinski definition) is 3. The molecule has 2 aromatic rings. The van der Waals surface area contributed by atoms with Gasteiger partial charge in [-0.25, -0.2) is 0 Å². The summed E-state index contributed by atoms with van der Waals surface area (Å²) in [5, 5.41) is 2.87. The van der Waals surface area contributed by atoms with Gasteiger partial charge in [0.1, 0.15) is 11.5 Å². The molecule has 4 nitrogen and oxygen atoms in total. The van der Waals surface area contributed by atoms with Crippen molar-refractivity contribution in [3.05, 3.63) is 42.0 Å². The van der Waals surface area contributed by atoms with Crippen LogP contribution < -0.4 is 14.8 Å². The lowest BCUT2D eigenvalue weighted by Crippen LogP contribution is -2.45. The largest absolute Gasteiger partial charge is 0.496 e. The second-order valence-electron chi connectivity index (χ2n) is 5.98. The van der Waals surface area contributed by atoms with Crippen molar-refractivity contribution in [3.8, 4) is 22.6 Å². The van der Waals surface area contributed by atoms with Crippen LogP contribution in [0.1, 0.15) is 19.4 Å². The van der Waals surface area contributed by atoms with E-state index in [0.717, 1.165) is 22.4 Å². The number of hydrogen-bond donors (Lipinski definition) is 1. The summed E-state index contributed by atoms with van der Waals surface area (Å²) in [6, 6.07) is 11.8. The predicted molar refractivity (Wildman–Crippen MR) is 86.5 cm³/mol. The number of carbonyl (C=O) groups excluding carboxylic acids is 1. The highest BCUT2D eigenvalue weighted by Gasteiger charge is 2.35. The Labute approximate surface area is 130 Å². The molecule has 0 aliphatic carbocycles. The average molecular weight is 297 g/mol. The summed E-state index contributed by atoms with van der Waals surface area (Å²) in [7, 11) is 1.66. The molecule has 1 aliphatic rings. The zero-order valence-electron chi connectivity index (χ0n) is 13.2. The van der Waals surface area contributed by atoms with Gasteiger partial charge in [0.15, 0.2) is 5.60 Å². The van der Waals surface area contributed by atoms with Crippen LogP contribution in [0.2, 0.25) is 0 Å². The van der Waals surface area contributed by atoms with Crippen LogP contribution in [0.15, 0.2) is 36.4 Å². The molecule has 0 saturated heterocycles. The fraction of sp³-hybridized carbons (Fsp3) is 0.278. The number of benzene rings is 2. The zero-order chi connectivity index (χ0) is 15.9. The van der Waals surface area contributed by atoms with Crippen molar-refractivity contribution in [1.29, 1.82) is 0 Å². The van der Waals surface area contributed by atoms with Crippen molar-refractivity contribution < 1.29 is 14.3 Å². The molecule has 0 bridgehead atoms. The number of anilines is 1. The maximum Gasteiger partial charge on any atom is 0.268 e. The first-order valence-electron chi connectivity index (χ1n) is 7.20. The summed E-state index contributed by atoms with van der Waals surface area (Å²) in [6.45, 7) is 5.54. The van der Waals surface area contributed by atoms with E-state index in [4.69, 9.17) is 9.47 Å². The van der Waals surface area contributed by atoms with Gasteiger partial charge in [0.05, 0.1) is 12.8 Å². The van der Waals surface area contributed by atoms with Gasteiger partial charge in [-0.2, -0.15) is 0 Å². The fourth-order valence-electron chi connectivity index (χ4n) is 2.51. The Kier molecular flexibility index (Phi) is 3.32. The summed E-state index contributed by atoms with van der Waals surface area (Å²) in [5.41, 5.74) is 2.95. The van der Waals surface area contributed by atoms with Crippen LogP contribution in [-0.4, -0.2) is 18.6 Å². The summed E-state index contributed by atoms with van der Waals surface area (Å²) in [6.07, 6.45) is 0. The number of methoxy groups -OCH3 is 1. The Balaban J connectivity index is 2.07. The van der Waals surface area contributed by atoms with Gasteiger partial charge in [-0.15, -0.1) is 0 Å². The van der Waals surface area contributed by atoms with Gasteiger partial charge in [0.2, 0.25) is 0 Å². The molecule has 1 amide bonds. The van der Waals surface area contributed by atoms with E-state index in [2.05, 4.69) is 5.32 Å². The highest BCUT2D eigenvalue weighted by Crippen LogP contribution is 2.39. The third-order valence-electron chi connectivity index (χ3n) is 3.81. The zero-order valence-corrected chi connectivity index (χ0v) is 13.2. The van der Waals surface area contributed by atoms with Crippen LogP contribution in [0.5, 0.6) is 11.5 Å². The quantitative estimate of drug-likeness (QED) is 0.917. The standard InChI is InChI=1S/C18H19NO3/c1-11-5-7-13(15(9-11)21-4)12-6-8-14-16(10-12)22-18(2,3)17(20)19-14/h5-10H,1-4H3,(H,19,20). The molecule has 114 valence electrons. The first kappa shape index (κ1) is 14.4. The topological polar surface area (TPSA) is 47.6 Å². The van der Waals surface area contributed by atoms with E-state index in [1.54, 1.807) is 21.0 Å². The lowest BCUT2D eigenvalue weighted by Gasteiger charge is -2.31. The molecule has 22 heavy (non-hydrogen) atoms. The SMILES string of the molecule is COc1cc(C)ccc1-c1ccc2c(c1)OC(C)(C)C(=O)N2. The second-order valence-corrected chi connectivity index (χ2v) is 5.98. The van der Waals surface area contributed by atoms with E-state index in [1.165, 1.54) is 0 Å². The van der Waals surface area contributed by atoms with Gasteiger partial charge in [-0.05, 0) is 50.1 Å². The van der Waals surface area contributed by atoms with E-state index >= 15 is 0 Å². The summed E-state index contributed by atoms with van der Waals surface area (Å²) in [5.74, 6) is 1.35. The Morgan fingerprint density at radius 1 is 1.14 bits per heavy atom. The molecule has 0 atom stereocenters. The third kappa shape index (κ3) is 2.41. The van der Waals surface area contributed by atoms with E-state index in [1.807, 2.05) is 43.3 Å². The van der Waals surface area contributed by atoms with Gasteiger partial charge in [0, 0.05) is 5.56 Å². The molecule has 0 saturated carbocycles. The number of amides is 1. The first-order chi connectivity index (χ1) is 10.4. The average Bonchev–Trinajstić information content (AvgIpc) is 2.47. The molecule has 0 unspecified atom stereocenters. The van der Waals surface area contributed by atoms with Crippen LogP contribution in [-0.2, 0) is 4.79 Å². The number of fused-ring (bicyclic) bond motifs is 1. The minimum atomic E-state index is -0.872. The smallest absolute Gasteiger partial charge is 0.268 e. The normalized spacial score (nSPS) is 15.5. The summed E-state index contributed by atoms with van der Waals surface area (Å²) >= 11 is 0. The summed E-state index contributed by atoms with van der Waals surface area (Å²) in [4.78, 5) is 11.9.